The number of rotatable bonds is 8. The molecule has 0 heterocycles. The zero-order valence-electron chi connectivity index (χ0n) is 11.8. The maximum Gasteiger partial charge on any atom is 0.124 e. The van der Waals surface area contributed by atoms with Gasteiger partial charge in [-0.05, 0) is 42.5 Å². The maximum absolute atomic E-state index is 13.4. The Labute approximate surface area is 124 Å². The second-order valence-electron chi connectivity index (χ2n) is 5.07. The SMILES string of the molecule is CCCCC(CC)C(Cc1cc(F)cc(Br)c1)NN. The van der Waals surface area contributed by atoms with Crippen LogP contribution in [0, 0.1) is 11.7 Å². The Hall–Kier alpha value is -0.450. The highest BCUT2D eigenvalue weighted by Gasteiger charge is 2.19. The molecule has 1 aromatic carbocycles. The molecule has 0 saturated heterocycles. The number of hydrogen-bond acceptors (Lipinski definition) is 2. The van der Waals surface area contributed by atoms with Gasteiger partial charge in [-0.2, -0.15) is 0 Å². The molecule has 2 atom stereocenters. The summed E-state index contributed by atoms with van der Waals surface area (Å²) in [4.78, 5) is 0. The number of nitrogens with one attached hydrogen (secondary N) is 1. The van der Waals surface area contributed by atoms with Crippen molar-refractivity contribution in [2.45, 2.75) is 52.0 Å². The van der Waals surface area contributed by atoms with E-state index in [1.165, 1.54) is 25.3 Å². The molecule has 108 valence electrons. The number of unbranched alkanes of at least 4 members (excludes halogenated alkanes) is 1. The van der Waals surface area contributed by atoms with Gasteiger partial charge in [0.05, 0.1) is 0 Å². The van der Waals surface area contributed by atoms with Crippen molar-refractivity contribution in [2.75, 3.05) is 0 Å². The highest BCUT2D eigenvalue weighted by Crippen LogP contribution is 2.22. The molecule has 1 rings (SSSR count). The summed E-state index contributed by atoms with van der Waals surface area (Å²) in [6.45, 7) is 4.38. The molecule has 0 aliphatic heterocycles. The van der Waals surface area contributed by atoms with E-state index in [-0.39, 0.29) is 11.9 Å². The number of hydrogen-bond donors (Lipinski definition) is 2. The van der Waals surface area contributed by atoms with Crippen LogP contribution in [-0.2, 0) is 6.42 Å². The summed E-state index contributed by atoms with van der Waals surface area (Å²) in [5.41, 5.74) is 3.89. The second-order valence-corrected chi connectivity index (χ2v) is 5.98. The highest BCUT2D eigenvalue weighted by atomic mass is 79.9. The Morgan fingerprint density at radius 3 is 2.58 bits per heavy atom. The van der Waals surface area contributed by atoms with Crippen molar-refractivity contribution in [1.82, 2.24) is 5.43 Å². The molecule has 0 saturated carbocycles. The molecule has 19 heavy (non-hydrogen) atoms. The first-order valence-corrected chi connectivity index (χ1v) is 7.81. The fourth-order valence-electron chi connectivity index (χ4n) is 2.50. The lowest BCUT2D eigenvalue weighted by Gasteiger charge is -2.26. The molecule has 0 spiro atoms. The summed E-state index contributed by atoms with van der Waals surface area (Å²) >= 11 is 3.33. The summed E-state index contributed by atoms with van der Waals surface area (Å²) in [5, 5.41) is 0. The third kappa shape index (κ3) is 5.59. The standard InChI is InChI=1S/C15H24BrFN2/c1-3-5-6-12(4-2)15(19-18)9-11-7-13(16)10-14(17)8-11/h7-8,10,12,15,19H,3-6,9,18H2,1-2H3. The Bertz CT molecular complexity index is 364. The predicted octanol–water partition coefficient (Wildman–Crippen LogP) is 4.18. The average Bonchev–Trinajstić information content (AvgIpc) is 2.36. The molecule has 0 radical (unpaired) electrons. The molecule has 0 bridgehead atoms. The third-order valence-corrected chi connectivity index (χ3v) is 4.07. The highest BCUT2D eigenvalue weighted by molar-refractivity contribution is 9.10. The molecule has 3 N–H and O–H groups in total. The molecule has 0 aliphatic carbocycles. The van der Waals surface area contributed by atoms with Crippen LogP contribution in [0.3, 0.4) is 0 Å². The molecular formula is C15H24BrFN2. The topological polar surface area (TPSA) is 38.0 Å². The Balaban J connectivity index is 2.73. The minimum Gasteiger partial charge on any atom is -0.271 e. The monoisotopic (exact) mass is 330 g/mol. The van der Waals surface area contributed by atoms with Crippen molar-refractivity contribution in [3.05, 3.63) is 34.1 Å². The normalized spacial score (nSPS) is 14.4. The maximum atomic E-state index is 13.4. The van der Waals surface area contributed by atoms with E-state index < -0.39 is 0 Å². The molecule has 2 nitrogen and oxygen atoms in total. The number of benzene rings is 1. The van der Waals surface area contributed by atoms with E-state index in [2.05, 4.69) is 35.2 Å². The summed E-state index contributed by atoms with van der Waals surface area (Å²) in [7, 11) is 0. The molecule has 0 aromatic heterocycles. The van der Waals surface area contributed by atoms with E-state index in [0.29, 0.717) is 5.92 Å². The van der Waals surface area contributed by atoms with E-state index in [1.807, 2.05) is 6.07 Å². The minimum atomic E-state index is -0.207. The molecule has 1 aromatic rings. The zero-order valence-corrected chi connectivity index (χ0v) is 13.3. The lowest BCUT2D eigenvalue weighted by Crippen LogP contribution is -2.42. The summed E-state index contributed by atoms with van der Waals surface area (Å²) in [6, 6.07) is 5.22. The quantitative estimate of drug-likeness (QED) is 0.554. The molecule has 0 fully saturated rings. The van der Waals surface area contributed by atoms with Crippen LogP contribution in [0.4, 0.5) is 4.39 Å². The van der Waals surface area contributed by atoms with Gasteiger partial charge in [-0.3, -0.25) is 11.3 Å². The lowest BCUT2D eigenvalue weighted by molar-refractivity contribution is 0.318. The van der Waals surface area contributed by atoms with Gasteiger partial charge in [0.2, 0.25) is 0 Å². The van der Waals surface area contributed by atoms with Gasteiger partial charge in [0.1, 0.15) is 5.82 Å². The van der Waals surface area contributed by atoms with Gasteiger partial charge in [0.25, 0.3) is 0 Å². The number of hydrazine groups is 1. The van der Waals surface area contributed by atoms with E-state index in [4.69, 9.17) is 5.84 Å². The van der Waals surface area contributed by atoms with Crippen molar-refractivity contribution in [2.24, 2.45) is 11.8 Å². The van der Waals surface area contributed by atoms with Crippen molar-refractivity contribution < 1.29 is 4.39 Å². The van der Waals surface area contributed by atoms with Crippen LogP contribution in [0.2, 0.25) is 0 Å². The van der Waals surface area contributed by atoms with Crippen LogP contribution in [0.5, 0.6) is 0 Å². The van der Waals surface area contributed by atoms with Crippen molar-refractivity contribution in [3.63, 3.8) is 0 Å². The Morgan fingerprint density at radius 1 is 1.32 bits per heavy atom. The minimum absolute atomic E-state index is 0.199. The number of halogens is 2. The second kappa shape index (κ2) is 8.67. The summed E-state index contributed by atoms with van der Waals surface area (Å²) in [5.74, 6) is 6.02. The average molecular weight is 331 g/mol. The predicted molar refractivity (Wildman–Crippen MR) is 82.2 cm³/mol. The van der Waals surface area contributed by atoms with Crippen LogP contribution in [0.1, 0.15) is 45.1 Å². The van der Waals surface area contributed by atoms with Crippen LogP contribution < -0.4 is 11.3 Å². The largest absolute Gasteiger partial charge is 0.271 e. The molecule has 0 amide bonds. The Kier molecular flexibility index (Phi) is 7.57. The molecule has 4 heteroatoms. The third-order valence-electron chi connectivity index (χ3n) is 3.61. The molecule has 0 aliphatic rings. The number of nitrogens with two attached hydrogens (primary N) is 1. The van der Waals surface area contributed by atoms with E-state index in [9.17, 15) is 4.39 Å². The van der Waals surface area contributed by atoms with Gasteiger partial charge in [-0.15, -0.1) is 0 Å². The van der Waals surface area contributed by atoms with Crippen LogP contribution in [0.15, 0.2) is 22.7 Å². The van der Waals surface area contributed by atoms with Gasteiger partial charge in [-0.1, -0.05) is 49.0 Å². The van der Waals surface area contributed by atoms with E-state index in [1.54, 1.807) is 6.07 Å². The van der Waals surface area contributed by atoms with Crippen LogP contribution in [-0.4, -0.2) is 6.04 Å². The first-order valence-electron chi connectivity index (χ1n) is 7.01. The van der Waals surface area contributed by atoms with Crippen molar-refractivity contribution in [3.8, 4) is 0 Å². The van der Waals surface area contributed by atoms with Gasteiger partial charge in [-0.25, -0.2) is 4.39 Å². The molecular weight excluding hydrogens is 307 g/mol. The smallest absolute Gasteiger partial charge is 0.124 e. The van der Waals surface area contributed by atoms with Crippen molar-refractivity contribution >= 4 is 15.9 Å². The fraction of sp³-hybridized carbons (Fsp3) is 0.600. The van der Waals surface area contributed by atoms with E-state index in [0.717, 1.165) is 22.9 Å². The van der Waals surface area contributed by atoms with Crippen LogP contribution >= 0.6 is 15.9 Å². The van der Waals surface area contributed by atoms with Gasteiger partial charge < -0.3 is 0 Å². The van der Waals surface area contributed by atoms with Gasteiger partial charge >= 0.3 is 0 Å². The summed E-state index contributed by atoms with van der Waals surface area (Å²) < 4.78 is 14.2. The van der Waals surface area contributed by atoms with E-state index >= 15 is 0 Å². The Morgan fingerprint density at radius 2 is 2.05 bits per heavy atom. The van der Waals surface area contributed by atoms with Crippen molar-refractivity contribution in [1.29, 1.82) is 0 Å². The fourth-order valence-corrected chi connectivity index (χ4v) is 3.01. The summed E-state index contributed by atoms with van der Waals surface area (Å²) in [6.07, 6.45) is 5.42. The first kappa shape index (κ1) is 16.6. The zero-order chi connectivity index (χ0) is 14.3. The first-order chi connectivity index (χ1) is 9.10. The van der Waals surface area contributed by atoms with Gasteiger partial charge in [0, 0.05) is 10.5 Å². The van der Waals surface area contributed by atoms with Gasteiger partial charge in [0.15, 0.2) is 0 Å². The molecule has 2 unspecified atom stereocenters. The lowest BCUT2D eigenvalue weighted by atomic mass is 9.88. The van der Waals surface area contributed by atoms with Crippen LogP contribution in [0.25, 0.3) is 0 Å².